The SMILES string of the molecule is C=CC(=O)OC(C)OC(=O)N(CC)CCC(C)CC(C)(C)CNC(=O)OCC. The summed E-state index contributed by atoms with van der Waals surface area (Å²) in [6.45, 7) is 16.6. The second kappa shape index (κ2) is 13.0. The average molecular weight is 401 g/mol. The largest absolute Gasteiger partial charge is 0.450 e. The van der Waals surface area contributed by atoms with Crippen molar-refractivity contribution in [2.24, 2.45) is 11.3 Å². The first-order chi connectivity index (χ1) is 13.0. The molecule has 0 bridgehead atoms. The van der Waals surface area contributed by atoms with Crippen LogP contribution in [-0.2, 0) is 19.0 Å². The second-order valence-electron chi connectivity index (χ2n) is 7.51. The molecular weight excluding hydrogens is 364 g/mol. The minimum atomic E-state index is -0.975. The van der Waals surface area contributed by atoms with Crippen LogP contribution in [0.5, 0.6) is 0 Å². The van der Waals surface area contributed by atoms with E-state index in [-0.39, 0.29) is 5.41 Å². The average Bonchev–Trinajstić information content (AvgIpc) is 2.60. The summed E-state index contributed by atoms with van der Waals surface area (Å²) in [6.07, 6.45) is 0.766. The predicted molar refractivity (Wildman–Crippen MR) is 107 cm³/mol. The number of nitrogens with zero attached hydrogens (tertiary/aromatic N) is 1. The second-order valence-corrected chi connectivity index (χ2v) is 7.51. The Morgan fingerprint density at radius 2 is 1.82 bits per heavy atom. The Balaban J connectivity index is 4.41. The fourth-order valence-electron chi connectivity index (χ4n) is 2.82. The monoisotopic (exact) mass is 400 g/mol. The van der Waals surface area contributed by atoms with Crippen LogP contribution < -0.4 is 5.32 Å². The number of carbonyl (C=O) groups excluding carboxylic acids is 3. The number of carbonyl (C=O) groups is 3. The number of hydrogen-bond donors (Lipinski definition) is 1. The van der Waals surface area contributed by atoms with E-state index in [4.69, 9.17) is 14.2 Å². The number of esters is 1. The van der Waals surface area contributed by atoms with Crippen LogP contribution in [0.3, 0.4) is 0 Å². The van der Waals surface area contributed by atoms with Crippen molar-refractivity contribution in [3.05, 3.63) is 12.7 Å². The molecule has 0 saturated heterocycles. The molecule has 0 aromatic carbocycles. The van der Waals surface area contributed by atoms with Gasteiger partial charge in [0.1, 0.15) is 0 Å². The van der Waals surface area contributed by atoms with Crippen LogP contribution in [0.15, 0.2) is 12.7 Å². The van der Waals surface area contributed by atoms with Crippen LogP contribution in [0.1, 0.15) is 54.4 Å². The summed E-state index contributed by atoms with van der Waals surface area (Å²) >= 11 is 0. The third kappa shape index (κ3) is 11.5. The molecule has 0 aliphatic rings. The van der Waals surface area contributed by atoms with Gasteiger partial charge in [-0.15, -0.1) is 0 Å². The summed E-state index contributed by atoms with van der Waals surface area (Å²) in [6, 6.07) is 0. The van der Waals surface area contributed by atoms with Crippen LogP contribution in [0, 0.1) is 11.3 Å². The summed E-state index contributed by atoms with van der Waals surface area (Å²) in [5, 5.41) is 2.77. The first-order valence-corrected chi connectivity index (χ1v) is 9.73. The van der Waals surface area contributed by atoms with E-state index in [1.165, 1.54) is 6.92 Å². The third-order valence-corrected chi connectivity index (χ3v) is 4.14. The maximum atomic E-state index is 12.2. The molecule has 0 spiro atoms. The van der Waals surface area contributed by atoms with Crippen LogP contribution in [0.2, 0.25) is 0 Å². The number of hydrogen-bond acceptors (Lipinski definition) is 6. The van der Waals surface area contributed by atoms with Gasteiger partial charge in [0.15, 0.2) is 0 Å². The molecule has 2 atom stereocenters. The highest BCUT2D eigenvalue weighted by Crippen LogP contribution is 2.26. The zero-order valence-corrected chi connectivity index (χ0v) is 18.1. The Bertz CT molecular complexity index is 521. The normalized spacial score (nSPS) is 13.1. The molecule has 1 N–H and O–H groups in total. The van der Waals surface area contributed by atoms with Crippen molar-refractivity contribution >= 4 is 18.2 Å². The van der Waals surface area contributed by atoms with E-state index in [0.717, 1.165) is 18.9 Å². The van der Waals surface area contributed by atoms with Crippen LogP contribution >= 0.6 is 0 Å². The molecule has 0 aliphatic carbocycles. The molecule has 162 valence electrons. The number of ether oxygens (including phenoxy) is 3. The summed E-state index contributed by atoms with van der Waals surface area (Å²) in [7, 11) is 0. The molecule has 8 heteroatoms. The number of amides is 2. The molecular formula is C20H36N2O6. The molecule has 8 nitrogen and oxygen atoms in total. The molecule has 0 saturated carbocycles. The summed E-state index contributed by atoms with van der Waals surface area (Å²) in [4.78, 5) is 36.4. The van der Waals surface area contributed by atoms with Crippen molar-refractivity contribution in [1.82, 2.24) is 10.2 Å². The Morgan fingerprint density at radius 3 is 2.36 bits per heavy atom. The Kier molecular flexibility index (Phi) is 12.0. The molecule has 0 fully saturated rings. The molecule has 0 radical (unpaired) electrons. The molecule has 0 aromatic rings. The summed E-state index contributed by atoms with van der Waals surface area (Å²) < 4.78 is 14.9. The number of nitrogens with one attached hydrogen (secondary N) is 1. The van der Waals surface area contributed by atoms with Crippen molar-refractivity contribution in [3.8, 4) is 0 Å². The third-order valence-electron chi connectivity index (χ3n) is 4.14. The first-order valence-electron chi connectivity index (χ1n) is 9.73. The maximum absolute atomic E-state index is 12.2. The minimum absolute atomic E-state index is 0.100. The number of alkyl carbamates (subject to hydrolysis) is 1. The lowest BCUT2D eigenvalue weighted by Gasteiger charge is -2.29. The van der Waals surface area contributed by atoms with Crippen molar-refractivity contribution in [2.75, 3.05) is 26.2 Å². The van der Waals surface area contributed by atoms with Gasteiger partial charge in [0.25, 0.3) is 0 Å². The Hall–Kier alpha value is -2.25. The molecule has 0 heterocycles. The molecule has 2 amide bonds. The van der Waals surface area contributed by atoms with Gasteiger partial charge in [0.2, 0.25) is 6.29 Å². The van der Waals surface area contributed by atoms with E-state index in [1.54, 1.807) is 11.8 Å². The standard InChI is InChI=1S/C20H36N2O6/c1-8-17(23)27-16(5)28-19(25)22(9-2)12-11-15(4)13-20(6,7)14-21-18(24)26-10-3/h8,15-16H,1,9-14H2,2-7H3,(H,21,24). The van der Waals surface area contributed by atoms with Crippen molar-refractivity contribution in [3.63, 3.8) is 0 Å². The molecule has 28 heavy (non-hydrogen) atoms. The fraction of sp³-hybridized carbons (Fsp3) is 0.750. The van der Waals surface area contributed by atoms with Crippen molar-refractivity contribution in [2.45, 2.75) is 60.7 Å². The summed E-state index contributed by atoms with van der Waals surface area (Å²) in [5.41, 5.74) is -0.100. The maximum Gasteiger partial charge on any atom is 0.412 e. The van der Waals surface area contributed by atoms with E-state index >= 15 is 0 Å². The fourth-order valence-corrected chi connectivity index (χ4v) is 2.82. The van der Waals surface area contributed by atoms with Crippen molar-refractivity contribution < 1.29 is 28.6 Å². The lowest BCUT2D eigenvalue weighted by molar-refractivity contribution is -0.159. The zero-order chi connectivity index (χ0) is 21.7. The Morgan fingerprint density at radius 1 is 1.18 bits per heavy atom. The minimum Gasteiger partial charge on any atom is -0.450 e. The zero-order valence-electron chi connectivity index (χ0n) is 18.1. The highest BCUT2D eigenvalue weighted by molar-refractivity contribution is 5.81. The van der Waals surface area contributed by atoms with Crippen LogP contribution in [0.25, 0.3) is 0 Å². The van der Waals surface area contributed by atoms with Crippen LogP contribution in [0.4, 0.5) is 9.59 Å². The molecule has 2 unspecified atom stereocenters. The molecule has 0 aliphatic heterocycles. The van der Waals surface area contributed by atoms with Gasteiger partial charge < -0.3 is 24.4 Å². The van der Waals surface area contributed by atoms with Gasteiger partial charge in [-0.1, -0.05) is 27.4 Å². The Labute approximate surface area is 168 Å². The van der Waals surface area contributed by atoms with E-state index in [9.17, 15) is 14.4 Å². The van der Waals surface area contributed by atoms with E-state index < -0.39 is 24.4 Å². The van der Waals surface area contributed by atoms with Gasteiger partial charge in [0, 0.05) is 32.6 Å². The van der Waals surface area contributed by atoms with E-state index in [1.807, 2.05) is 6.92 Å². The topological polar surface area (TPSA) is 94.2 Å². The summed E-state index contributed by atoms with van der Waals surface area (Å²) in [5.74, 6) is -0.313. The first kappa shape index (κ1) is 25.8. The van der Waals surface area contributed by atoms with Crippen LogP contribution in [-0.4, -0.2) is 55.6 Å². The van der Waals surface area contributed by atoms with Gasteiger partial charge in [0.05, 0.1) is 6.61 Å². The van der Waals surface area contributed by atoms with Crippen molar-refractivity contribution in [1.29, 1.82) is 0 Å². The van der Waals surface area contributed by atoms with E-state index in [0.29, 0.717) is 32.2 Å². The lowest BCUT2D eigenvalue weighted by Crippen LogP contribution is -2.37. The predicted octanol–water partition coefficient (Wildman–Crippen LogP) is 3.71. The van der Waals surface area contributed by atoms with Gasteiger partial charge in [-0.2, -0.15) is 0 Å². The van der Waals surface area contributed by atoms with Gasteiger partial charge >= 0.3 is 18.2 Å². The van der Waals surface area contributed by atoms with E-state index in [2.05, 4.69) is 32.7 Å². The van der Waals surface area contributed by atoms with Gasteiger partial charge in [-0.05, 0) is 38.0 Å². The molecule has 0 aromatic heterocycles. The van der Waals surface area contributed by atoms with Gasteiger partial charge in [-0.25, -0.2) is 14.4 Å². The lowest BCUT2D eigenvalue weighted by atomic mass is 9.82. The number of rotatable bonds is 12. The smallest absolute Gasteiger partial charge is 0.412 e. The molecule has 0 rings (SSSR count). The highest BCUT2D eigenvalue weighted by Gasteiger charge is 2.24. The quantitative estimate of drug-likeness (QED) is 0.305. The highest BCUT2D eigenvalue weighted by atomic mass is 16.7. The van der Waals surface area contributed by atoms with Gasteiger partial charge in [-0.3, -0.25) is 0 Å².